The third-order valence-corrected chi connectivity index (χ3v) is 2.97. The van der Waals surface area contributed by atoms with Gasteiger partial charge in [0.1, 0.15) is 18.5 Å². The maximum Gasteiger partial charge on any atom is 0.154 e. The van der Waals surface area contributed by atoms with E-state index in [1.165, 1.54) is 6.07 Å². The standard InChI is InChI=1S/C13H11NO5/c15-4-9-8-3-11(13(16)17)14-10(8)1-2-12(9)19-6-7-5-18-7/h1-4,7,14H,5-6H2,(H,16,17)/p-1. The molecule has 1 aliphatic heterocycles. The lowest BCUT2D eigenvalue weighted by Crippen LogP contribution is -2.22. The number of carbonyl (C=O) groups is 2. The van der Waals surface area contributed by atoms with Crippen LogP contribution in [0.5, 0.6) is 5.75 Å². The number of epoxide rings is 1. The number of fused-ring (bicyclic) bond motifs is 1. The maximum atomic E-state index is 11.2. The lowest BCUT2D eigenvalue weighted by atomic mass is 10.1. The van der Waals surface area contributed by atoms with Gasteiger partial charge in [-0.2, -0.15) is 0 Å². The zero-order valence-electron chi connectivity index (χ0n) is 9.84. The minimum atomic E-state index is -1.32. The van der Waals surface area contributed by atoms with Crippen molar-refractivity contribution >= 4 is 23.2 Å². The summed E-state index contributed by atoms with van der Waals surface area (Å²) >= 11 is 0. The van der Waals surface area contributed by atoms with Gasteiger partial charge in [0, 0.05) is 10.9 Å². The molecule has 0 amide bonds. The lowest BCUT2D eigenvalue weighted by Gasteiger charge is -2.07. The van der Waals surface area contributed by atoms with Gasteiger partial charge in [0.15, 0.2) is 6.29 Å². The Bertz CT molecular complexity index is 656. The van der Waals surface area contributed by atoms with Crippen LogP contribution in [0.2, 0.25) is 0 Å². The molecular weight excluding hydrogens is 250 g/mol. The summed E-state index contributed by atoms with van der Waals surface area (Å²) in [6.45, 7) is 1.04. The predicted molar refractivity (Wildman–Crippen MR) is 63.3 cm³/mol. The number of ether oxygens (including phenoxy) is 2. The van der Waals surface area contributed by atoms with E-state index in [-0.39, 0.29) is 11.8 Å². The Balaban J connectivity index is 2.02. The number of hydrogen-bond donors (Lipinski definition) is 1. The molecule has 1 atom stereocenters. The highest BCUT2D eigenvalue weighted by Crippen LogP contribution is 2.28. The number of aromatic carboxylic acids is 1. The second-order valence-corrected chi connectivity index (χ2v) is 4.29. The lowest BCUT2D eigenvalue weighted by molar-refractivity contribution is -0.255. The van der Waals surface area contributed by atoms with E-state index in [1.54, 1.807) is 12.1 Å². The van der Waals surface area contributed by atoms with Gasteiger partial charge < -0.3 is 24.4 Å². The molecule has 0 saturated carbocycles. The van der Waals surface area contributed by atoms with E-state index >= 15 is 0 Å². The molecule has 1 aromatic heterocycles. The SMILES string of the molecule is O=Cc1c(OCC2CO2)ccc2[nH]c(C(=O)[O-])cc12. The quantitative estimate of drug-likeness (QED) is 0.608. The molecule has 6 heteroatoms. The Hall–Kier alpha value is -2.34. The molecule has 1 unspecified atom stereocenters. The van der Waals surface area contributed by atoms with Gasteiger partial charge in [0.2, 0.25) is 0 Å². The Labute approximate surface area is 107 Å². The normalized spacial score (nSPS) is 17.4. The van der Waals surface area contributed by atoms with E-state index in [4.69, 9.17) is 9.47 Å². The zero-order valence-corrected chi connectivity index (χ0v) is 9.84. The van der Waals surface area contributed by atoms with Crippen LogP contribution in [0.25, 0.3) is 10.9 Å². The van der Waals surface area contributed by atoms with E-state index in [0.29, 0.717) is 41.7 Å². The summed E-state index contributed by atoms with van der Waals surface area (Å²) in [5.74, 6) is -0.899. The molecule has 1 saturated heterocycles. The molecule has 2 heterocycles. The number of aldehydes is 1. The first kappa shape index (κ1) is 11.7. The van der Waals surface area contributed by atoms with Crippen LogP contribution >= 0.6 is 0 Å². The molecule has 6 nitrogen and oxygen atoms in total. The number of aromatic amines is 1. The molecule has 98 valence electrons. The summed E-state index contributed by atoms with van der Waals surface area (Å²) in [6.07, 6.45) is 0.735. The minimum absolute atomic E-state index is 0.0687. The molecule has 0 aliphatic carbocycles. The van der Waals surface area contributed by atoms with Gasteiger partial charge in [0.25, 0.3) is 0 Å². The van der Waals surface area contributed by atoms with E-state index in [2.05, 4.69) is 4.98 Å². The topological polar surface area (TPSA) is 94.8 Å². The number of carbonyl (C=O) groups excluding carboxylic acids is 2. The van der Waals surface area contributed by atoms with Crippen LogP contribution in [0.3, 0.4) is 0 Å². The van der Waals surface area contributed by atoms with Crippen LogP contribution in [0.4, 0.5) is 0 Å². The molecule has 19 heavy (non-hydrogen) atoms. The van der Waals surface area contributed by atoms with E-state index in [9.17, 15) is 14.7 Å². The van der Waals surface area contributed by atoms with Crippen molar-refractivity contribution in [3.05, 3.63) is 29.5 Å². The highest BCUT2D eigenvalue weighted by atomic mass is 16.6. The van der Waals surface area contributed by atoms with Crippen LogP contribution in [0, 0.1) is 0 Å². The molecule has 1 N–H and O–H groups in total. The maximum absolute atomic E-state index is 11.2. The van der Waals surface area contributed by atoms with Gasteiger partial charge in [0.05, 0.1) is 23.8 Å². The molecule has 3 rings (SSSR count). The molecular formula is C13H10NO5-. The Morgan fingerprint density at radius 1 is 1.58 bits per heavy atom. The first-order valence-electron chi connectivity index (χ1n) is 5.75. The van der Waals surface area contributed by atoms with Gasteiger partial charge in [-0.15, -0.1) is 0 Å². The van der Waals surface area contributed by atoms with Gasteiger partial charge in [-0.1, -0.05) is 0 Å². The third kappa shape index (κ3) is 2.17. The number of benzene rings is 1. The summed E-state index contributed by atoms with van der Waals surface area (Å²) < 4.78 is 10.5. The Kier molecular flexibility index (Phi) is 2.72. The molecule has 0 radical (unpaired) electrons. The first-order valence-corrected chi connectivity index (χ1v) is 5.75. The predicted octanol–water partition coefficient (Wildman–Crippen LogP) is 0.121. The minimum Gasteiger partial charge on any atom is -0.543 e. The summed E-state index contributed by atoms with van der Waals surface area (Å²) in [5.41, 5.74) is 0.805. The van der Waals surface area contributed by atoms with Crippen molar-refractivity contribution in [3.8, 4) is 5.75 Å². The number of aromatic nitrogens is 1. The third-order valence-electron chi connectivity index (χ3n) is 2.97. The molecule has 0 spiro atoms. The van der Waals surface area contributed by atoms with Gasteiger partial charge >= 0.3 is 0 Å². The highest BCUT2D eigenvalue weighted by Gasteiger charge is 2.23. The van der Waals surface area contributed by atoms with Crippen molar-refractivity contribution in [1.29, 1.82) is 0 Å². The summed E-state index contributed by atoms with van der Waals surface area (Å²) in [4.78, 5) is 24.7. The first-order chi connectivity index (χ1) is 9.19. The van der Waals surface area contributed by atoms with Gasteiger partial charge in [-0.3, -0.25) is 4.79 Å². The van der Waals surface area contributed by atoms with E-state index in [0.717, 1.165) is 0 Å². The summed E-state index contributed by atoms with van der Waals surface area (Å²) in [6, 6.07) is 4.66. The Morgan fingerprint density at radius 3 is 3.00 bits per heavy atom. The average Bonchev–Trinajstić information content (AvgIpc) is 3.12. The van der Waals surface area contributed by atoms with Crippen molar-refractivity contribution in [2.75, 3.05) is 13.2 Å². The van der Waals surface area contributed by atoms with Crippen molar-refractivity contribution in [1.82, 2.24) is 4.98 Å². The summed E-state index contributed by atoms with van der Waals surface area (Å²) in [5, 5.41) is 11.3. The monoisotopic (exact) mass is 260 g/mol. The van der Waals surface area contributed by atoms with Crippen LogP contribution in [-0.2, 0) is 4.74 Å². The fourth-order valence-corrected chi connectivity index (χ4v) is 1.91. The van der Waals surface area contributed by atoms with Crippen LogP contribution in [0.1, 0.15) is 20.8 Å². The number of carboxylic acids is 1. The molecule has 1 aliphatic rings. The Morgan fingerprint density at radius 2 is 2.37 bits per heavy atom. The van der Waals surface area contributed by atoms with Crippen LogP contribution < -0.4 is 9.84 Å². The summed E-state index contributed by atoms with van der Waals surface area (Å²) in [7, 11) is 0. The second-order valence-electron chi connectivity index (χ2n) is 4.29. The fraction of sp³-hybridized carbons (Fsp3) is 0.231. The van der Waals surface area contributed by atoms with Crippen molar-refractivity contribution in [2.24, 2.45) is 0 Å². The molecule has 1 fully saturated rings. The second kappa shape index (κ2) is 4.40. The average molecular weight is 260 g/mol. The van der Waals surface area contributed by atoms with E-state index < -0.39 is 5.97 Å². The number of hydrogen-bond acceptors (Lipinski definition) is 5. The largest absolute Gasteiger partial charge is 0.543 e. The van der Waals surface area contributed by atoms with Crippen LogP contribution in [0.15, 0.2) is 18.2 Å². The zero-order chi connectivity index (χ0) is 13.4. The van der Waals surface area contributed by atoms with Gasteiger partial charge in [-0.25, -0.2) is 0 Å². The number of carboxylic acid groups (broad SMARTS) is 1. The van der Waals surface area contributed by atoms with Crippen molar-refractivity contribution in [3.63, 3.8) is 0 Å². The molecule has 1 aromatic carbocycles. The van der Waals surface area contributed by atoms with Crippen LogP contribution in [-0.4, -0.2) is 36.6 Å². The number of H-pyrrole nitrogens is 1. The van der Waals surface area contributed by atoms with Crippen molar-refractivity contribution in [2.45, 2.75) is 6.10 Å². The molecule has 0 bridgehead atoms. The van der Waals surface area contributed by atoms with E-state index in [1.807, 2.05) is 0 Å². The number of rotatable bonds is 5. The fourth-order valence-electron chi connectivity index (χ4n) is 1.91. The molecule has 2 aromatic rings. The highest BCUT2D eigenvalue weighted by molar-refractivity contribution is 6.03. The van der Waals surface area contributed by atoms with Gasteiger partial charge in [-0.05, 0) is 18.2 Å². The van der Waals surface area contributed by atoms with Crippen molar-refractivity contribution < 1.29 is 24.2 Å². The number of nitrogens with one attached hydrogen (secondary N) is 1. The smallest absolute Gasteiger partial charge is 0.154 e.